The number of benzene rings is 1. The number of aromatic nitrogens is 2. The molecule has 4 heteroatoms. The molecular weight excluding hydrogens is 238 g/mol. The Hall–Kier alpha value is -1.65. The summed E-state index contributed by atoms with van der Waals surface area (Å²) in [7, 11) is 0. The van der Waals surface area contributed by atoms with Crippen LogP contribution in [-0.2, 0) is 13.1 Å². The molecule has 2 aromatic rings. The summed E-state index contributed by atoms with van der Waals surface area (Å²) in [6.07, 6.45) is 4.85. The molecule has 1 heterocycles. The number of hydrogen-bond donors (Lipinski definition) is 2. The number of aliphatic hydroxyl groups is 1. The van der Waals surface area contributed by atoms with E-state index in [0.29, 0.717) is 0 Å². The van der Waals surface area contributed by atoms with Crippen molar-refractivity contribution >= 4 is 0 Å². The maximum atomic E-state index is 9.12. The van der Waals surface area contributed by atoms with Crippen LogP contribution in [-0.4, -0.2) is 27.5 Å². The molecule has 1 aromatic carbocycles. The van der Waals surface area contributed by atoms with Crippen LogP contribution in [0.2, 0.25) is 0 Å². The molecule has 2 N–H and O–H groups in total. The standard InChI is InChI=1S/C15H21N3O/c1-2-15(12-19)16-8-14-9-17-18(11-14)10-13-6-4-3-5-7-13/h3-7,9,11,15-16,19H,2,8,10,12H2,1H3/t15-/m1/s1. The summed E-state index contributed by atoms with van der Waals surface area (Å²) in [5.74, 6) is 0. The van der Waals surface area contributed by atoms with Crippen LogP contribution in [0.1, 0.15) is 24.5 Å². The number of hydrogen-bond acceptors (Lipinski definition) is 3. The molecule has 2 rings (SSSR count). The van der Waals surface area contributed by atoms with E-state index in [0.717, 1.165) is 25.1 Å². The molecule has 4 nitrogen and oxygen atoms in total. The summed E-state index contributed by atoms with van der Waals surface area (Å²) in [6, 6.07) is 10.4. The lowest BCUT2D eigenvalue weighted by atomic mass is 10.2. The second kappa shape index (κ2) is 7.07. The van der Waals surface area contributed by atoms with Crippen molar-refractivity contribution in [1.29, 1.82) is 0 Å². The zero-order valence-electron chi connectivity index (χ0n) is 11.3. The quantitative estimate of drug-likeness (QED) is 0.797. The molecule has 0 saturated heterocycles. The van der Waals surface area contributed by atoms with Gasteiger partial charge in [0.15, 0.2) is 0 Å². The van der Waals surface area contributed by atoms with Crippen LogP contribution < -0.4 is 5.32 Å². The monoisotopic (exact) mass is 259 g/mol. The van der Waals surface area contributed by atoms with Gasteiger partial charge in [-0.3, -0.25) is 4.68 Å². The first-order valence-electron chi connectivity index (χ1n) is 6.71. The van der Waals surface area contributed by atoms with Crippen LogP contribution in [0.15, 0.2) is 42.7 Å². The average Bonchev–Trinajstić information content (AvgIpc) is 2.89. The first-order valence-corrected chi connectivity index (χ1v) is 6.71. The van der Waals surface area contributed by atoms with E-state index in [1.54, 1.807) is 0 Å². The first kappa shape index (κ1) is 13.8. The van der Waals surface area contributed by atoms with Crippen molar-refractivity contribution in [2.75, 3.05) is 6.61 Å². The second-order valence-electron chi connectivity index (χ2n) is 4.70. The van der Waals surface area contributed by atoms with Crippen molar-refractivity contribution in [2.24, 2.45) is 0 Å². The molecule has 0 unspecified atom stereocenters. The topological polar surface area (TPSA) is 50.1 Å². The number of nitrogens with one attached hydrogen (secondary N) is 1. The summed E-state index contributed by atoms with van der Waals surface area (Å²) >= 11 is 0. The minimum absolute atomic E-state index is 0.164. The van der Waals surface area contributed by atoms with Gasteiger partial charge in [-0.1, -0.05) is 37.3 Å². The van der Waals surface area contributed by atoms with Gasteiger partial charge in [0.2, 0.25) is 0 Å². The molecule has 0 amide bonds. The summed E-state index contributed by atoms with van der Waals surface area (Å²) in [4.78, 5) is 0. The van der Waals surface area contributed by atoms with E-state index < -0.39 is 0 Å². The lowest BCUT2D eigenvalue weighted by Crippen LogP contribution is -2.31. The van der Waals surface area contributed by atoms with Crippen molar-refractivity contribution in [1.82, 2.24) is 15.1 Å². The fourth-order valence-corrected chi connectivity index (χ4v) is 1.95. The van der Waals surface area contributed by atoms with Crippen LogP contribution in [0.25, 0.3) is 0 Å². The third-order valence-corrected chi connectivity index (χ3v) is 3.18. The Labute approximate surface area is 114 Å². The van der Waals surface area contributed by atoms with Gasteiger partial charge < -0.3 is 10.4 Å². The summed E-state index contributed by atoms with van der Waals surface area (Å²) < 4.78 is 1.94. The Kier molecular flexibility index (Phi) is 5.12. The molecule has 0 fully saturated rings. The minimum Gasteiger partial charge on any atom is -0.395 e. The SMILES string of the molecule is CC[C@H](CO)NCc1cnn(Cc2ccccc2)c1. The van der Waals surface area contributed by atoms with Crippen molar-refractivity contribution in [3.8, 4) is 0 Å². The molecule has 0 bridgehead atoms. The third-order valence-electron chi connectivity index (χ3n) is 3.18. The Morgan fingerprint density at radius 1 is 1.26 bits per heavy atom. The average molecular weight is 259 g/mol. The predicted octanol–water partition coefficient (Wildman–Crippen LogP) is 1.79. The highest BCUT2D eigenvalue weighted by atomic mass is 16.3. The van der Waals surface area contributed by atoms with Gasteiger partial charge in [-0.05, 0) is 12.0 Å². The maximum Gasteiger partial charge on any atom is 0.0659 e. The lowest BCUT2D eigenvalue weighted by molar-refractivity contribution is 0.238. The van der Waals surface area contributed by atoms with Crippen molar-refractivity contribution < 1.29 is 5.11 Å². The van der Waals surface area contributed by atoms with Crippen molar-refractivity contribution in [3.05, 3.63) is 53.9 Å². The van der Waals surface area contributed by atoms with E-state index >= 15 is 0 Å². The van der Waals surface area contributed by atoms with E-state index in [1.807, 2.05) is 35.3 Å². The lowest BCUT2D eigenvalue weighted by Gasteiger charge is -2.12. The molecule has 0 aliphatic heterocycles. The summed E-state index contributed by atoms with van der Waals surface area (Å²) in [6.45, 7) is 3.77. The highest BCUT2D eigenvalue weighted by Crippen LogP contribution is 2.04. The first-order chi connectivity index (χ1) is 9.31. The van der Waals surface area contributed by atoms with E-state index in [9.17, 15) is 0 Å². The third kappa shape index (κ3) is 4.19. The summed E-state index contributed by atoms with van der Waals surface area (Å²) in [5, 5.41) is 16.8. The summed E-state index contributed by atoms with van der Waals surface area (Å²) in [5.41, 5.74) is 2.38. The van der Waals surface area contributed by atoms with Gasteiger partial charge in [0.25, 0.3) is 0 Å². The van der Waals surface area contributed by atoms with Crippen LogP contribution >= 0.6 is 0 Å². The number of nitrogens with zero attached hydrogens (tertiary/aromatic N) is 2. The Balaban J connectivity index is 1.88. The smallest absolute Gasteiger partial charge is 0.0659 e. The van der Waals surface area contributed by atoms with E-state index in [2.05, 4.69) is 29.5 Å². The van der Waals surface area contributed by atoms with Gasteiger partial charge in [0.1, 0.15) is 0 Å². The van der Waals surface area contributed by atoms with E-state index in [1.165, 1.54) is 5.56 Å². The molecule has 1 aromatic heterocycles. The highest BCUT2D eigenvalue weighted by molar-refractivity contribution is 5.15. The van der Waals surface area contributed by atoms with Gasteiger partial charge >= 0.3 is 0 Å². The van der Waals surface area contributed by atoms with E-state index in [4.69, 9.17) is 5.11 Å². The van der Waals surface area contributed by atoms with Gasteiger partial charge in [0, 0.05) is 24.3 Å². The minimum atomic E-state index is 0.164. The highest BCUT2D eigenvalue weighted by Gasteiger charge is 2.05. The van der Waals surface area contributed by atoms with Crippen molar-refractivity contribution in [2.45, 2.75) is 32.5 Å². The fourth-order valence-electron chi connectivity index (χ4n) is 1.95. The zero-order chi connectivity index (χ0) is 13.5. The molecule has 0 radical (unpaired) electrons. The van der Waals surface area contributed by atoms with Crippen LogP contribution in [0, 0.1) is 0 Å². The Bertz CT molecular complexity index is 477. The molecule has 0 aliphatic rings. The number of aliphatic hydroxyl groups excluding tert-OH is 1. The van der Waals surface area contributed by atoms with E-state index in [-0.39, 0.29) is 12.6 Å². The van der Waals surface area contributed by atoms with Crippen molar-refractivity contribution in [3.63, 3.8) is 0 Å². The molecular formula is C15H21N3O. The fraction of sp³-hybridized carbons (Fsp3) is 0.400. The molecule has 102 valence electrons. The second-order valence-corrected chi connectivity index (χ2v) is 4.70. The molecule has 0 saturated carbocycles. The molecule has 1 atom stereocenters. The maximum absolute atomic E-state index is 9.12. The molecule has 0 spiro atoms. The predicted molar refractivity (Wildman–Crippen MR) is 75.8 cm³/mol. The van der Waals surface area contributed by atoms with Crippen LogP contribution in [0.4, 0.5) is 0 Å². The Morgan fingerprint density at radius 2 is 2.05 bits per heavy atom. The van der Waals surface area contributed by atoms with Gasteiger partial charge in [-0.2, -0.15) is 5.10 Å². The number of rotatable bonds is 7. The van der Waals surface area contributed by atoms with Crippen LogP contribution in [0.5, 0.6) is 0 Å². The molecule has 19 heavy (non-hydrogen) atoms. The zero-order valence-corrected chi connectivity index (χ0v) is 11.3. The van der Waals surface area contributed by atoms with Gasteiger partial charge in [-0.25, -0.2) is 0 Å². The van der Waals surface area contributed by atoms with Crippen LogP contribution in [0.3, 0.4) is 0 Å². The molecule has 0 aliphatic carbocycles. The Morgan fingerprint density at radius 3 is 2.74 bits per heavy atom. The van der Waals surface area contributed by atoms with Gasteiger partial charge in [0.05, 0.1) is 19.3 Å². The largest absolute Gasteiger partial charge is 0.395 e. The normalized spacial score (nSPS) is 12.5. The van der Waals surface area contributed by atoms with Gasteiger partial charge in [-0.15, -0.1) is 0 Å².